The van der Waals surface area contributed by atoms with Crippen LogP contribution in [0, 0.1) is 11.3 Å². The standard InChI is InChI=1S/C15H28N2S/c1-12(2)9-15(7-5-6-8-15)10-16-13-17-14(3,4)11-18-13/h12H,5-11H2,1-4H3,(H,16,17). The first kappa shape index (κ1) is 14.2. The molecule has 104 valence electrons. The van der Waals surface area contributed by atoms with Gasteiger partial charge in [-0.2, -0.15) is 0 Å². The van der Waals surface area contributed by atoms with Crippen LogP contribution in [0.4, 0.5) is 0 Å². The van der Waals surface area contributed by atoms with Crippen LogP contribution >= 0.6 is 11.8 Å². The van der Waals surface area contributed by atoms with E-state index in [-0.39, 0.29) is 5.54 Å². The normalized spacial score (nSPS) is 27.9. The molecule has 2 nitrogen and oxygen atoms in total. The Labute approximate surface area is 116 Å². The van der Waals surface area contributed by atoms with E-state index < -0.39 is 0 Å². The molecule has 1 aliphatic carbocycles. The van der Waals surface area contributed by atoms with E-state index >= 15 is 0 Å². The number of rotatable bonds is 4. The zero-order chi connectivity index (χ0) is 13.2. The van der Waals surface area contributed by atoms with Crippen molar-refractivity contribution in [2.75, 3.05) is 12.3 Å². The maximum absolute atomic E-state index is 4.89. The SMILES string of the molecule is CC(C)CC1(CN=C2NC(C)(C)CS2)CCCC1. The van der Waals surface area contributed by atoms with Gasteiger partial charge in [-0.3, -0.25) is 4.99 Å². The van der Waals surface area contributed by atoms with E-state index in [4.69, 9.17) is 4.99 Å². The predicted molar refractivity (Wildman–Crippen MR) is 82.3 cm³/mol. The maximum Gasteiger partial charge on any atom is 0.157 e. The number of hydrogen-bond acceptors (Lipinski definition) is 2. The lowest BCUT2D eigenvalue weighted by Crippen LogP contribution is -2.37. The van der Waals surface area contributed by atoms with Gasteiger partial charge in [-0.05, 0) is 44.4 Å². The van der Waals surface area contributed by atoms with Crippen molar-refractivity contribution in [1.82, 2.24) is 5.32 Å². The quantitative estimate of drug-likeness (QED) is 0.831. The number of aliphatic imine (C=N–C) groups is 1. The van der Waals surface area contributed by atoms with Gasteiger partial charge in [-0.25, -0.2) is 0 Å². The number of hydrogen-bond donors (Lipinski definition) is 1. The molecule has 1 N–H and O–H groups in total. The average molecular weight is 268 g/mol. The van der Waals surface area contributed by atoms with Gasteiger partial charge in [0.15, 0.2) is 5.17 Å². The third-order valence-corrected chi connectivity index (χ3v) is 5.45. The van der Waals surface area contributed by atoms with Gasteiger partial charge in [0, 0.05) is 17.8 Å². The fourth-order valence-corrected chi connectivity index (χ4v) is 4.43. The zero-order valence-corrected chi connectivity index (χ0v) is 13.2. The molecule has 18 heavy (non-hydrogen) atoms. The smallest absolute Gasteiger partial charge is 0.157 e. The van der Waals surface area contributed by atoms with Crippen molar-refractivity contribution >= 4 is 16.9 Å². The first-order chi connectivity index (χ1) is 8.41. The molecule has 1 heterocycles. The Kier molecular flexibility index (Phi) is 4.30. The monoisotopic (exact) mass is 268 g/mol. The molecule has 0 radical (unpaired) electrons. The minimum absolute atomic E-state index is 0.227. The van der Waals surface area contributed by atoms with Gasteiger partial charge < -0.3 is 5.32 Å². The van der Waals surface area contributed by atoms with Crippen molar-refractivity contribution in [2.45, 2.75) is 65.3 Å². The van der Waals surface area contributed by atoms with E-state index in [1.165, 1.54) is 37.3 Å². The molecule has 0 unspecified atom stereocenters. The highest BCUT2D eigenvalue weighted by Crippen LogP contribution is 2.43. The van der Waals surface area contributed by atoms with Crippen LogP contribution in [0.3, 0.4) is 0 Å². The highest BCUT2D eigenvalue weighted by molar-refractivity contribution is 8.14. The summed E-state index contributed by atoms with van der Waals surface area (Å²) in [6.07, 6.45) is 6.93. The van der Waals surface area contributed by atoms with Crippen molar-refractivity contribution in [3.8, 4) is 0 Å². The minimum atomic E-state index is 0.227. The van der Waals surface area contributed by atoms with Crippen LogP contribution in [0.25, 0.3) is 0 Å². The summed E-state index contributed by atoms with van der Waals surface area (Å²) in [5.74, 6) is 1.94. The first-order valence-electron chi connectivity index (χ1n) is 7.36. The summed E-state index contributed by atoms with van der Waals surface area (Å²) in [4.78, 5) is 4.89. The van der Waals surface area contributed by atoms with Gasteiger partial charge in [0.25, 0.3) is 0 Å². The molecule has 0 atom stereocenters. The second kappa shape index (κ2) is 5.44. The minimum Gasteiger partial charge on any atom is -0.359 e. The van der Waals surface area contributed by atoms with Crippen molar-refractivity contribution < 1.29 is 0 Å². The van der Waals surface area contributed by atoms with E-state index in [9.17, 15) is 0 Å². The molecular formula is C15H28N2S. The summed E-state index contributed by atoms with van der Waals surface area (Å²) in [6.45, 7) is 10.2. The number of nitrogens with zero attached hydrogens (tertiary/aromatic N) is 1. The Morgan fingerprint density at radius 3 is 2.44 bits per heavy atom. The Morgan fingerprint density at radius 2 is 1.94 bits per heavy atom. The predicted octanol–water partition coefficient (Wildman–Crippen LogP) is 4.06. The lowest BCUT2D eigenvalue weighted by atomic mass is 9.79. The molecule has 2 fully saturated rings. The van der Waals surface area contributed by atoms with E-state index in [1.807, 2.05) is 11.8 Å². The van der Waals surface area contributed by atoms with Crippen LogP contribution in [0.2, 0.25) is 0 Å². The molecule has 0 amide bonds. The third kappa shape index (κ3) is 3.66. The fraction of sp³-hybridized carbons (Fsp3) is 0.933. The van der Waals surface area contributed by atoms with Gasteiger partial charge >= 0.3 is 0 Å². The molecule has 2 rings (SSSR count). The van der Waals surface area contributed by atoms with Crippen molar-refractivity contribution in [3.05, 3.63) is 0 Å². The van der Waals surface area contributed by atoms with Crippen LogP contribution in [-0.4, -0.2) is 23.0 Å². The molecule has 0 bridgehead atoms. The van der Waals surface area contributed by atoms with Crippen molar-refractivity contribution in [1.29, 1.82) is 0 Å². The lowest BCUT2D eigenvalue weighted by Gasteiger charge is -2.29. The van der Waals surface area contributed by atoms with Crippen LogP contribution in [0.5, 0.6) is 0 Å². The average Bonchev–Trinajstić information content (AvgIpc) is 2.82. The highest BCUT2D eigenvalue weighted by Gasteiger charge is 2.35. The summed E-state index contributed by atoms with van der Waals surface area (Å²) in [6, 6.07) is 0. The van der Waals surface area contributed by atoms with Gasteiger partial charge in [-0.1, -0.05) is 38.5 Å². The summed E-state index contributed by atoms with van der Waals surface area (Å²) in [7, 11) is 0. The molecule has 1 aliphatic heterocycles. The number of thioether (sulfide) groups is 1. The number of amidine groups is 1. The molecule has 0 aromatic heterocycles. The summed E-state index contributed by atoms with van der Waals surface area (Å²) in [5, 5.41) is 4.71. The molecule has 3 heteroatoms. The Bertz CT molecular complexity index is 314. The van der Waals surface area contributed by atoms with Crippen LogP contribution in [0.15, 0.2) is 4.99 Å². The summed E-state index contributed by atoms with van der Waals surface area (Å²) >= 11 is 1.89. The van der Waals surface area contributed by atoms with Gasteiger partial charge in [0.2, 0.25) is 0 Å². The summed E-state index contributed by atoms with van der Waals surface area (Å²) in [5.41, 5.74) is 0.737. The van der Waals surface area contributed by atoms with Crippen LogP contribution in [-0.2, 0) is 0 Å². The molecule has 1 saturated heterocycles. The van der Waals surface area contributed by atoms with Crippen molar-refractivity contribution in [2.24, 2.45) is 16.3 Å². The van der Waals surface area contributed by atoms with E-state index in [0.717, 1.165) is 18.2 Å². The number of nitrogens with one attached hydrogen (secondary N) is 1. The topological polar surface area (TPSA) is 24.4 Å². The van der Waals surface area contributed by atoms with E-state index in [2.05, 4.69) is 33.0 Å². The maximum atomic E-state index is 4.89. The molecule has 2 aliphatic rings. The fourth-order valence-electron chi connectivity index (χ4n) is 3.35. The van der Waals surface area contributed by atoms with Crippen LogP contribution in [0.1, 0.15) is 59.8 Å². The zero-order valence-electron chi connectivity index (χ0n) is 12.4. The second-order valence-corrected chi connectivity index (χ2v) is 8.19. The van der Waals surface area contributed by atoms with Gasteiger partial charge in [0.1, 0.15) is 0 Å². The Hall–Kier alpha value is -0.180. The Balaban J connectivity index is 1.96. The van der Waals surface area contributed by atoms with E-state index in [1.54, 1.807) is 0 Å². The third-order valence-electron chi connectivity index (χ3n) is 4.08. The van der Waals surface area contributed by atoms with Gasteiger partial charge in [0.05, 0.1) is 0 Å². The molecule has 1 saturated carbocycles. The second-order valence-electron chi connectivity index (χ2n) is 7.22. The molecule has 0 spiro atoms. The Morgan fingerprint density at radius 1 is 1.28 bits per heavy atom. The largest absolute Gasteiger partial charge is 0.359 e. The first-order valence-corrected chi connectivity index (χ1v) is 8.35. The molecular weight excluding hydrogens is 240 g/mol. The summed E-state index contributed by atoms with van der Waals surface area (Å²) < 4.78 is 0. The van der Waals surface area contributed by atoms with Crippen molar-refractivity contribution in [3.63, 3.8) is 0 Å². The van der Waals surface area contributed by atoms with E-state index in [0.29, 0.717) is 5.41 Å². The highest BCUT2D eigenvalue weighted by atomic mass is 32.2. The van der Waals surface area contributed by atoms with Gasteiger partial charge in [-0.15, -0.1) is 0 Å². The molecule has 0 aromatic rings. The van der Waals surface area contributed by atoms with Crippen LogP contribution < -0.4 is 5.32 Å². The molecule has 0 aromatic carbocycles. The lowest BCUT2D eigenvalue weighted by molar-refractivity contribution is 0.245.